The van der Waals surface area contributed by atoms with Crippen molar-refractivity contribution < 1.29 is 4.79 Å². The molecule has 1 aliphatic carbocycles. The van der Waals surface area contributed by atoms with Crippen molar-refractivity contribution in [2.45, 2.75) is 5.38 Å². The number of hydrogen-bond donors (Lipinski definition) is 0. The largest absolute Gasteiger partial charge is 0.290 e. The number of fused-ring (bicyclic) bond motifs is 2. The second-order valence-corrected chi connectivity index (χ2v) is 4.32. The van der Waals surface area contributed by atoms with Gasteiger partial charge in [-0.15, -0.1) is 11.6 Å². The summed E-state index contributed by atoms with van der Waals surface area (Å²) in [6.07, 6.45) is 1.52. The molecule has 0 saturated heterocycles. The van der Waals surface area contributed by atoms with Gasteiger partial charge in [0.1, 0.15) is 11.1 Å². The van der Waals surface area contributed by atoms with Gasteiger partial charge in [-0.05, 0) is 18.2 Å². The van der Waals surface area contributed by atoms with Gasteiger partial charge in [-0.2, -0.15) is 5.26 Å². The van der Waals surface area contributed by atoms with Crippen molar-refractivity contribution in [2.75, 3.05) is 0 Å². The number of carbonyl (C=O) groups is 1. The highest BCUT2D eigenvalue weighted by Gasteiger charge is 2.30. The molecule has 1 heterocycles. The van der Waals surface area contributed by atoms with E-state index in [1.807, 2.05) is 18.2 Å². The first kappa shape index (κ1) is 10.9. The van der Waals surface area contributed by atoms with Crippen molar-refractivity contribution >= 4 is 34.5 Å². The first-order chi connectivity index (χ1) is 8.70. The molecule has 1 aromatic heterocycles. The van der Waals surface area contributed by atoms with Crippen LogP contribution >= 0.6 is 11.6 Å². The normalized spacial score (nSPS) is 18.1. The summed E-state index contributed by atoms with van der Waals surface area (Å²) in [6, 6.07) is 9.16. The Balaban J connectivity index is 2.33. The number of allylic oxidation sites excluding steroid dienone is 1. The number of ketones is 1. The average Bonchev–Trinajstić information content (AvgIpc) is 2.41. The minimum Gasteiger partial charge on any atom is -0.290 e. The predicted octanol–water partition coefficient (Wildman–Crippen LogP) is 2.34. The van der Waals surface area contributed by atoms with Gasteiger partial charge in [0.15, 0.2) is 0 Å². The van der Waals surface area contributed by atoms with E-state index in [1.54, 1.807) is 12.1 Å². The average molecular weight is 256 g/mol. The smallest absolute Gasteiger partial charge is 0.206 e. The van der Waals surface area contributed by atoms with E-state index in [2.05, 4.69) is 9.97 Å². The fraction of sp³-hybridized carbons (Fsp3) is 0.0769. The molecule has 1 aromatic carbocycles. The van der Waals surface area contributed by atoms with Crippen LogP contribution < -0.4 is 0 Å². The zero-order valence-electron chi connectivity index (χ0n) is 9.09. The maximum Gasteiger partial charge on any atom is 0.206 e. The molecule has 0 radical (unpaired) electrons. The van der Waals surface area contributed by atoms with Crippen LogP contribution in [0.25, 0.3) is 17.1 Å². The first-order valence-electron chi connectivity index (χ1n) is 5.27. The summed E-state index contributed by atoms with van der Waals surface area (Å²) < 4.78 is 0. The van der Waals surface area contributed by atoms with E-state index in [-0.39, 0.29) is 17.1 Å². The molecule has 18 heavy (non-hydrogen) atoms. The molecule has 0 aliphatic heterocycles. The number of alkyl halides is 1. The van der Waals surface area contributed by atoms with Crippen LogP contribution in [0.1, 0.15) is 16.2 Å². The third kappa shape index (κ3) is 1.49. The highest BCUT2D eigenvalue weighted by molar-refractivity contribution is 6.37. The first-order valence-corrected chi connectivity index (χ1v) is 5.71. The third-order valence-electron chi connectivity index (χ3n) is 2.76. The highest BCUT2D eigenvalue weighted by atomic mass is 35.5. The lowest BCUT2D eigenvalue weighted by Gasteiger charge is -2.14. The van der Waals surface area contributed by atoms with Crippen molar-refractivity contribution in [2.24, 2.45) is 0 Å². The van der Waals surface area contributed by atoms with Crippen molar-refractivity contribution in [1.82, 2.24) is 9.97 Å². The number of nitriles is 1. The standard InChI is InChI=1S/C13H6ClN3O/c14-11-7(6-15)5-10-12(13(11)18)17-9-4-2-1-3-8(9)16-10/h1-5,11H. The molecule has 1 aliphatic rings. The van der Waals surface area contributed by atoms with Crippen LogP contribution in [0.15, 0.2) is 29.8 Å². The topological polar surface area (TPSA) is 66.6 Å². The maximum atomic E-state index is 12.0. The monoisotopic (exact) mass is 255 g/mol. The van der Waals surface area contributed by atoms with Gasteiger partial charge >= 0.3 is 0 Å². The zero-order valence-corrected chi connectivity index (χ0v) is 9.85. The molecule has 1 unspecified atom stereocenters. The quantitative estimate of drug-likeness (QED) is 0.678. The van der Waals surface area contributed by atoms with E-state index in [0.29, 0.717) is 16.7 Å². The summed E-state index contributed by atoms with van der Waals surface area (Å²) in [5.41, 5.74) is 2.17. The van der Waals surface area contributed by atoms with E-state index in [1.165, 1.54) is 6.08 Å². The molecule has 2 aromatic rings. The van der Waals surface area contributed by atoms with Crippen molar-refractivity contribution in [3.63, 3.8) is 0 Å². The van der Waals surface area contributed by atoms with Crippen molar-refractivity contribution in [1.29, 1.82) is 5.26 Å². The molecular weight excluding hydrogens is 250 g/mol. The third-order valence-corrected chi connectivity index (χ3v) is 3.19. The molecule has 0 fully saturated rings. The number of halogens is 1. The zero-order chi connectivity index (χ0) is 12.7. The summed E-state index contributed by atoms with van der Waals surface area (Å²) in [7, 11) is 0. The van der Waals surface area contributed by atoms with Crippen molar-refractivity contribution in [3.05, 3.63) is 41.2 Å². The Morgan fingerprint density at radius 2 is 1.89 bits per heavy atom. The lowest BCUT2D eigenvalue weighted by atomic mass is 9.98. The van der Waals surface area contributed by atoms with Crippen LogP contribution in [0.4, 0.5) is 0 Å². The number of carbonyl (C=O) groups excluding carboxylic acids is 1. The van der Waals surface area contributed by atoms with E-state index >= 15 is 0 Å². The number of nitrogens with zero attached hydrogens (tertiary/aromatic N) is 3. The molecule has 0 saturated carbocycles. The van der Waals surface area contributed by atoms with Crippen LogP contribution in [0.5, 0.6) is 0 Å². The van der Waals surface area contributed by atoms with Gasteiger partial charge in [0.25, 0.3) is 0 Å². The van der Waals surface area contributed by atoms with E-state index in [0.717, 1.165) is 0 Å². The lowest BCUT2D eigenvalue weighted by Crippen LogP contribution is -2.23. The van der Waals surface area contributed by atoms with Gasteiger partial charge in [0.2, 0.25) is 5.78 Å². The Bertz CT molecular complexity index is 745. The lowest BCUT2D eigenvalue weighted by molar-refractivity contribution is 0.0991. The summed E-state index contributed by atoms with van der Waals surface area (Å²) in [5, 5.41) is 7.95. The molecule has 86 valence electrons. The summed E-state index contributed by atoms with van der Waals surface area (Å²) >= 11 is 5.90. The molecule has 3 rings (SSSR count). The van der Waals surface area contributed by atoms with E-state index < -0.39 is 5.38 Å². The maximum absolute atomic E-state index is 12.0. The minimum atomic E-state index is -0.960. The molecule has 1 atom stereocenters. The minimum absolute atomic E-state index is 0.207. The van der Waals surface area contributed by atoms with E-state index in [4.69, 9.17) is 16.9 Å². The molecule has 0 bridgehead atoms. The van der Waals surface area contributed by atoms with Gasteiger partial charge in [0, 0.05) is 0 Å². The summed E-state index contributed by atoms with van der Waals surface area (Å²) in [4.78, 5) is 20.6. The number of para-hydroxylation sites is 2. The number of benzene rings is 1. The van der Waals surface area contributed by atoms with Gasteiger partial charge in [0.05, 0.1) is 28.4 Å². The summed E-state index contributed by atoms with van der Waals surface area (Å²) in [6.45, 7) is 0. The molecular formula is C13H6ClN3O. The Morgan fingerprint density at radius 3 is 2.56 bits per heavy atom. The predicted molar refractivity (Wildman–Crippen MR) is 67.1 cm³/mol. The second-order valence-electron chi connectivity index (χ2n) is 3.88. The Hall–Kier alpha value is -2.25. The van der Waals surface area contributed by atoms with Crippen molar-refractivity contribution in [3.8, 4) is 6.07 Å². The Labute approximate surface area is 108 Å². The van der Waals surface area contributed by atoms with Crippen LogP contribution in [0.3, 0.4) is 0 Å². The molecule has 4 nitrogen and oxygen atoms in total. The molecule has 0 spiro atoms. The van der Waals surface area contributed by atoms with Crippen LogP contribution in [0.2, 0.25) is 0 Å². The molecule has 0 amide bonds. The number of rotatable bonds is 0. The number of Topliss-reactive ketones (excluding diaryl/α,β-unsaturated/α-hetero) is 1. The van der Waals surface area contributed by atoms with Gasteiger partial charge in [-0.1, -0.05) is 12.1 Å². The molecule has 5 heteroatoms. The van der Waals surface area contributed by atoms with Gasteiger partial charge in [-0.25, -0.2) is 9.97 Å². The number of aromatic nitrogens is 2. The second kappa shape index (κ2) is 3.90. The van der Waals surface area contributed by atoms with Crippen LogP contribution in [0, 0.1) is 11.3 Å². The SMILES string of the molecule is N#CC1=Cc2nc3ccccc3nc2C(=O)C1Cl. The van der Waals surface area contributed by atoms with Gasteiger partial charge < -0.3 is 0 Å². The van der Waals surface area contributed by atoms with Crippen LogP contribution in [-0.4, -0.2) is 21.1 Å². The Morgan fingerprint density at radius 1 is 1.22 bits per heavy atom. The summed E-state index contributed by atoms with van der Waals surface area (Å²) in [5.74, 6) is -0.371. The fourth-order valence-electron chi connectivity index (χ4n) is 1.87. The van der Waals surface area contributed by atoms with Crippen LogP contribution in [-0.2, 0) is 0 Å². The van der Waals surface area contributed by atoms with Gasteiger partial charge in [-0.3, -0.25) is 4.79 Å². The fourth-order valence-corrected chi connectivity index (χ4v) is 2.08. The highest BCUT2D eigenvalue weighted by Crippen LogP contribution is 2.26. The number of hydrogen-bond acceptors (Lipinski definition) is 4. The Kier molecular flexibility index (Phi) is 2.35. The van der Waals surface area contributed by atoms with E-state index in [9.17, 15) is 4.79 Å². The molecule has 0 N–H and O–H groups in total.